The maximum atomic E-state index is 12.0. The second-order valence-electron chi connectivity index (χ2n) is 5.47. The fourth-order valence-electron chi connectivity index (χ4n) is 2.48. The third-order valence-electron chi connectivity index (χ3n) is 3.62. The molecule has 1 saturated heterocycles. The van der Waals surface area contributed by atoms with Crippen LogP contribution in [0.25, 0.3) is 0 Å². The minimum atomic E-state index is 0.245. The molecule has 0 radical (unpaired) electrons. The molecule has 0 saturated carbocycles. The summed E-state index contributed by atoms with van der Waals surface area (Å²) in [6.07, 6.45) is 2.81. The van der Waals surface area contributed by atoms with Crippen molar-refractivity contribution in [2.45, 2.75) is 39.7 Å². The average molecular weight is 322 g/mol. The zero-order valence-corrected chi connectivity index (χ0v) is 14.3. The van der Waals surface area contributed by atoms with Gasteiger partial charge in [0.2, 0.25) is 5.91 Å². The van der Waals surface area contributed by atoms with Gasteiger partial charge in [0, 0.05) is 42.4 Å². The van der Waals surface area contributed by atoms with Gasteiger partial charge >= 0.3 is 0 Å². The molecule has 0 aliphatic carbocycles. The summed E-state index contributed by atoms with van der Waals surface area (Å²) < 4.78 is 0. The van der Waals surface area contributed by atoms with E-state index in [0.717, 1.165) is 38.4 Å². The fraction of sp³-hybridized carbons (Fsp3) is 0.625. The van der Waals surface area contributed by atoms with Crippen molar-refractivity contribution in [1.82, 2.24) is 15.5 Å². The molecule has 1 aliphatic heterocycles. The van der Waals surface area contributed by atoms with Crippen LogP contribution in [0.3, 0.4) is 0 Å². The summed E-state index contributed by atoms with van der Waals surface area (Å²) in [5.74, 6) is 1.03. The van der Waals surface area contributed by atoms with Crippen LogP contribution in [-0.4, -0.2) is 42.9 Å². The number of carbonyl (C=O) groups excluding carboxylic acids is 1. The summed E-state index contributed by atoms with van der Waals surface area (Å²) >= 11 is 1.77. The van der Waals surface area contributed by atoms with Gasteiger partial charge in [0.25, 0.3) is 0 Å². The number of amides is 1. The Bertz CT molecular complexity index is 506. The zero-order chi connectivity index (χ0) is 15.8. The van der Waals surface area contributed by atoms with Crippen molar-refractivity contribution in [2.75, 3.05) is 26.2 Å². The van der Waals surface area contributed by atoms with E-state index in [1.54, 1.807) is 11.3 Å². The van der Waals surface area contributed by atoms with Gasteiger partial charge in [-0.1, -0.05) is 0 Å². The van der Waals surface area contributed by atoms with Gasteiger partial charge in [-0.2, -0.15) is 0 Å². The average Bonchev–Trinajstić information content (AvgIpc) is 3.16. The Morgan fingerprint density at radius 3 is 2.73 bits per heavy atom. The number of nitrogens with one attached hydrogen (secondary N) is 2. The Kier molecular flexibility index (Phi) is 6.71. The highest BCUT2D eigenvalue weighted by atomic mass is 32.1. The molecule has 1 amide bonds. The molecule has 1 aliphatic rings. The summed E-state index contributed by atoms with van der Waals surface area (Å²) in [5.41, 5.74) is 0. The van der Waals surface area contributed by atoms with Crippen molar-refractivity contribution in [3.05, 3.63) is 21.9 Å². The number of rotatable bonds is 6. The van der Waals surface area contributed by atoms with Gasteiger partial charge < -0.3 is 15.5 Å². The first-order valence-corrected chi connectivity index (χ1v) is 8.86. The van der Waals surface area contributed by atoms with E-state index in [1.165, 1.54) is 9.75 Å². The maximum Gasteiger partial charge on any atom is 0.224 e. The molecule has 6 heteroatoms. The molecule has 1 aromatic rings. The van der Waals surface area contributed by atoms with E-state index < -0.39 is 0 Å². The summed E-state index contributed by atoms with van der Waals surface area (Å²) in [5, 5.41) is 6.47. The molecule has 2 heterocycles. The number of aryl methyl sites for hydroxylation is 1. The van der Waals surface area contributed by atoms with Crippen LogP contribution >= 0.6 is 11.3 Å². The first kappa shape index (κ1) is 16.8. The number of nitrogens with zero attached hydrogens (tertiary/aromatic N) is 2. The van der Waals surface area contributed by atoms with Crippen LogP contribution < -0.4 is 10.6 Å². The highest BCUT2D eigenvalue weighted by molar-refractivity contribution is 7.11. The fourth-order valence-corrected chi connectivity index (χ4v) is 3.30. The predicted molar refractivity (Wildman–Crippen MR) is 92.3 cm³/mol. The van der Waals surface area contributed by atoms with Crippen LogP contribution in [0.4, 0.5) is 0 Å². The third kappa shape index (κ3) is 5.33. The Morgan fingerprint density at radius 1 is 1.32 bits per heavy atom. The van der Waals surface area contributed by atoms with Crippen molar-refractivity contribution in [3.63, 3.8) is 0 Å². The Labute approximate surface area is 136 Å². The Balaban J connectivity index is 1.76. The normalized spacial score (nSPS) is 15.2. The summed E-state index contributed by atoms with van der Waals surface area (Å²) in [6.45, 7) is 8.11. The topological polar surface area (TPSA) is 56.7 Å². The van der Waals surface area contributed by atoms with Crippen molar-refractivity contribution in [2.24, 2.45) is 4.99 Å². The number of thiophene rings is 1. The smallest absolute Gasteiger partial charge is 0.224 e. The first-order chi connectivity index (χ1) is 10.7. The molecule has 122 valence electrons. The van der Waals surface area contributed by atoms with Gasteiger partial charge in [0.15, 0.2) is 5.96 Å². The highest BCUT2D eigenvalue weighted by Gasteiger charge is 2.17. The lowest BCUT2D eigenvalue weighted by Crippen LogP contribution is -2.39. The van der Waals surface area contributed by atoms with Crippen LogP contribution in [0.1, 0.15) is 35.9 Å². The molecule has 0 bridgehead atoms. The molecule has 5 nitrogen and oxygen atoms in total. The van der Waals surface area contributed by atoms with Gasteiger partial charge in [0.1, 0.15) is 0 Å². The third-order valence-corrected chi connectivity index (χ3v) is 4.61. The number of carbonyl (C=O) groups is 1. The van der Waals surface area contributed by atoms with E-state index in [-0.39, 0.29) is 5.91 Å². The molecule has 0 spiro atoms. The number of hydrogen-bond donors (Lipinski definition) is 2. The molecule has 1 aromatic heterocycles. The second-order valence-corrected chi connectivity index (χ2v) is 6.84. The number of aliphatic imine (C=N–C) groups is 1. The Hall–Kier alpha value is -1.56. The molecule has 2 rings (SSSR count). The molecule has 0 aromatic carbocycles. The lowest BCUT2D eigenvalue weighted by Gasteiger charge is -2.16. The molecule has 2 N–H and O–H groups in total. The van der Waals surface area contributed by atoms with Crippen molar-refractivity contribution in [1.29, 1.82) is 0 Å². The van der Waals surface area contributed by atoms with E-state index in [1.807, 2.05) is 11.8 Å². The number of hydrogen-bond acceptors (Lipinski definition) is 3. The van der Waals surface area contributed by atoms with E-state index in [4.69, 9.17) is 0 Å². The molecule has 0 atom stereocenters. The van der Waals surface area contributed by atoms with Crippen LogP contribution in [0.5, 0.6) is 0 Å². The van der Waals surface area contributed by atoms with Crippen LogP contribution in [0.15, 0.2) is 17.1 Å². The lowest BCUT2D eigenvalue weighted by atomic mass is 10.3. The summed E-state index contributed by atoms with van der Waals surface area (Å²) in [7, 11) is 0. The van der Waals surface area contributed by atoms with E-state index in [2.05, 4.69) is 34.7 Å². The van der Waals surface area contributed by atoms with Gasteiger partial charge in [-0.15, -0.1) is 11.3 Å². The highest BCUT2D eigenvalue weighted by Crippen LogP contribution is 2.15. The molecule has 1 fully saturated rings. The van der Waals surface area contributed by atoms with Crippen LogP contribution in [-0.2, 0) is 11.3 Å². The minimum Gasteiger partial charge on any atom is -0.357 e. The quantitative estimate of drug-likeness (QED) is 0.623. The zero-order valence-electron chi connectivity index (χ0n) is 13.5. The van der Waals surface area contributed by atoms with E-state index in [0.29, 0.717) is 19.5 Å². The first-order valence-electron chi connectivity index (χ1n) is 8.04. The van der Waals surface area contributed by atoms with Crippen molar-refractivity contribution in [3.8, 4) is 0 Å². The number of likely N-dealkylation sites (tertiary alicyclic amines) is 1. The van der Waals surface area contributed by atoms with Crippen LogP contribution in [0, 0.1) is 6.92 Å². The molecule has 22 heavy (non-hydrogen) atoms. The maximum absolute atomic E-state index is 12.0. The van der Waals surface area contributed by atoms with Gasteiger partial charge in [-0.3, -0.25) is 4.79 Å². The largest absolute Gasteiger partial charge is 0.357 e. The van der Waals surface area contributed by atoms with Gasteiger partial charge in [-0.05, 0) is 38.8 Å². The predicted octanol–water partition coefficient (Wildman–Crippen LogP) is 2.12. The molecule has 0 unspecified atom stereocenters. The van der Waals surface area contributed by atoms with E-state index >= 15 is 0 Å². The van der Waals surface area contributed by atoms with Gasteiger partial charge in [-0.25, -0.2) is 4.99 Å². The monoisotopic (exact) mass is 322 g/mol. The second kappa shape index (κ2) is 8.78. The van der Waals surface area contributed by atoms with Crippen molar-refractivity contribution < 1.29 is 4.79 Å². The van der Waals surface area contributed by atoms with Crippen LogP contribution in [0.2, 0.25) is 0 Å². The summed E-state index contributed by atoms with van der Waals surface area (Å²) in [6, 6.07) is 4.23. The molecular weight excluding hydrogens is 296 g/mol. The minimum absolute atomic E-state index is 0.245. The standard InChI is InChI=1S/C16H26N4OS/c1-3-17-16(19-12-14-7-6-13(2)22-14)18-9-8-15(21)20-10-4-5-11-20/h6-7H,3-5,8-12H2,1-2H3,(H2,17,18,19). The lowest BCUT2D eigenvalue weighted by molar-refractivity contribution is -0.129. The SMILES string of the molecule is CCNC(=NCc1ccc(C)s1)NCCC(=O)N1CCCC1. The number of guanidine groups is 1. The summed E-state index contributed by atoms with van der Waals surface area (Å²) in [4.78, 5) is 21.1. The Morgan fingerprint density at radius 2 is 2.09 bits per heavy atom. The molecular formula is C16H26N4OS. The van der Waals surface area contributed by atoms with Crippen molar-refractivity contribution >= 4 is 23.2 Å². The van der Waals surface area contributed by atoms with E-state index in [9.17, 15) is 4.79 Å². The van der Waals surface area contributed by atoms with Gasteiger partial charge in [0.05, 0.1) is 6.54 Å².